The first-order valence-corrected chi connectivity index (χ1v) is 7.09. The summed E-state index contributed by atoms with van der Waals surface area (Å²) in [5.41, 5.74) is 5.19. The van der Waals surface area contributed by atoms with Crippen LogP contribution in [0.5, 0.6) is 0 Å². The number of hydrogen-bond donors (Lipinski definition) is 2. The van der Waals surface area contributed by atoms with Crippen LogP contribution < -0.4 is 5.73 Å². The molecule has 0 spiro atoms. The lowest BCUT2D eigenvalue weighted by molar-refractivity contribution is -0.184. The first-order chi connectivity index (χ1) is 9.26. The molecule has 4 atom stereocenters. The third-order valence-corrected chi connectivity index (χ3v) is 5.00. The summed E-state index contributed by atoms with van der Waals surface area (Å²) in [5.74, 6) is -0.0450. The fourth-order valence-corrected chi connectivity index (χ4v) is 3.78. The highest BCUT2D eigenvalue weighted by Gasteiger charge is 2.71. The van der Waals surface area contributed by atoms with E-state index in [2.05, 4.69) is 0 Å². The summed E-state index contributed by atoms with van der Waals surface area (Å²) in [6.07, 6.45) is 0.190. The van der Waals surface area contributed by atoms with Gasteiger partial charge in [-0.2, -0.15) is 0 Å². The fraction of sp³-hybridized carbons (Fsp3) is 0.929. The molecule has 0 aromatic heterocycles. The largest absolute Gasteiger partial charge is 0.389 e. The molecule has 1 aliphatic heterocycles. The highest BCUT2D eigenvalue weighted by atomic mass is 16.5. The highest BCUT2D eigenvalue weighted by molar-refractivity contribution is 5.89. The number of carbonyl (C=O) groups is 1. The van der Waals surface area contributed by atoms with E-state index in [0.29, 0.717) is 6.61 Å². The van der Waals surface area contributed by atoms with Crippen LogP contribution in [-0.2, 0) is 14.3 Å². The van der Waals surface area contributed by atoms with Crippen LogP contribution in [0.25, 0.3) is 0 Å². The van der Waals surface area contributed by atoms with E-state index in [1.807, 2.05) is 13.8 Å². The van der Waals surface area contributed by atoms with E-state index in [1.165, 1.54) is 12.0 Å². The van der Waals surface area contributed by atoms with Crippen LogP contribution in [-0.4, -0.2) is 67.6 Å². The average molecular weight is 286 g/mol. The number of carbonyl (C=O) groups excluding carboxylic acids is 1. The molecule has 0 aromatic rings. The second kappa shape index (κ2) is 5.26. The van der Waals surface area contributed by atoms with Gasteiger partial charge in [0.25, 0.3) is 0 Å². The van der Waals surface area contributed by atoms with E-state index < -0.39 is 11.6 Å². The number of aliphatic hydroxyl groups is 1. The predicted molar refractivity (Wildman–Crippen MR) is 74.1 cm³/mol. The number of hydrogen-bond acceptors (Lipinski definition) is 5. The molecule has 1 heterocycles. The van der Waals surface area contributed by atoms with Crippen molar-refractivity contribution in [2.75, 3.05) is 33.9 Å². The zero-order chi connectivity index (χ0) is 15.1. The Bertz CT molecular complexity index is 387. The molecule has 6 heteroatoms. The van der Waals surface area contributed by atoms with Crippen LogP contribution >= 0.6 is 0 Å². The molecule has 116 valence electrons. The zero-order valence-corrected chi connectivity index (χ0v) is 12.8. The Hall–Kier alpha value is -0.690. The molecule has 4 unspecified atom stereocenters. The van der Waals surface area contributed by atoms with E-state index >= 15 is 0 Å². The minimum absolute atomic E-state index is 0.0637. The monoisotopic (exact) mass is 286 g/mol. The SMILES string of the molecule is COCC(O)CN(C)C(=O)C1(N)C2CCOC2C1(C)C. The summed E-state index contributed by atoms with van der Waals surface area (Å²) in [7, 11) is 3.19. The molecule has 1 amide bonds. The Labute approximate surface area is 120 Å². The summed E-state index contributed by atoms with van der Waals surface area (Å²) < 4.78 is 10.6. The molecule has 2 aliphatic rings. The Morgan fingerprint density at radius 1 is 1.60 bits per heavy atom. The smallest absolute Gasteiger partial charge is 0.243 e. The third-order valence-electron chi connectivity index (χ3n) is 5.00. The van der Waals surface area contributed by atoms with Crippen LogP contribution in [0.15, 0.2) is 0 Å². The van der Waals surface area contributed by atoms with Crippen molar-refractivity contribution in [1.29, 1.82) is 0 Å². The van der Waals surface area contributed by atoms with Gasteiger partial charge in [0.15, 0.2) is 0 Å². The highest BCUT2D eigenvalue weighted by Crippen LogP contribution is 2.58. The molecule has 0 bridgehead atoms. The van der Waals surface area contributed by atoms with Crippen LogP contribution in [0, 0.1) is 11.3 Å². The van der Waals surface area contributed by atoms with Crippen molar-refractivity contribution >= 4 is 5.91 Å². The molecule has 0 aromatic carbocycles. The minimum atomic E-state index is -0.907. The van der Waals surface area contributed by atoms with Crippen molar-refractivity contribution in [1.82, 2.24) is 4.90 Å². The molecule has 1 saturated heterocycles. The van der Waals surface area contributed by atoms with Crippen molar-refractivity contribution in [3.05, 3.63) is 0 Å². The molecular weight excluding hydrogens is 260 g/mol. The van der Waals surface area contributed by atoms with Crippen molar-refractivity contribution in [3.8, 4) is 0 Å². The third kappa shape index (κ3) is 2.06. The van der Waals surface area contributed by atoms with Crippen molar-refractivity contribution in [3.63, 3.8) is 0 Å². The maximum absolute atomic E-state index is 12.7. The van der Waals surface area contributed by atoms with E-state index in [-0.39, 0.29) is 36.5 Å². The lowest BCUT2D eigenvalue weighted by atomic mass is 9.47. The summed E-state index contributed by atoms with van der Waals surface area (Å²) in [6.45, 7) is 5.06. The Morgan fingerprint density at radius 3 is 2.85 bits per heavy atom. The van der Waals surface area contributed by atoms with Crippen molar-refractivity contribution in [2.24, 2.45) is 17.1 Å². The molecule has 3 N–H and O–H groups in total. The number of fused-ring (bicyclic) bond motifs is 1. The molecule has 20 heavy (non-hydrogen) atoms. The van der Waals surface area contributed by atoms with E-state index in [1.54, 1.807) is 7.05 Å². The minimum Gasteiger partial charge on any atom is -0.389 e. The molecule has 0 radical (unpaired) electrons. The maximum atomic E-state index is 12.7. The number of aliphatic hydroxyl groups excluding tert-OH is 1. The topological polar surface area (TPSA) is 85.0 Å². The number of methoxy groups -OCH3 is 1. The van der Waals surface area contributed by atoms with Gasteiger partial charge in [0.2, 0.25) is 5.91 Å². The summed E-state index contributed by atoms with van der Waals surface area (Å²) >= 11 is 0. The van der Waals surface area contributed by atoms with Gasteiger partial charge < -0.3 is 25.2 Å². The van der Waals surface area contributed by atoms with Crippen LogP contribution in [0.3, 0.4) is 0 Å². The predicted octanol–water partition coefficient (Wildman–Crippen LogP) is -0.405. The second-order valence-electron chi connectivity index (χ2n) is 6.57. The van der Waals surface area contributed by atoms with Gasteiger partial charge >= 0.3 is 0 Å². The van der Waals surface area contributed by atoms with E-state index in [4.69, 9.17) is 15.2 Å². The molecule has 2 rings (SSSR count). The van der Waals surface area contributed by atoms with Gasteiger partial charge in [0.1, 0.15) is 5.54 Å². The second-order valence-corrected chi connectivity index (χ2v) is 6.57. The molecule has 1 aliphatic carbocycles. The Kier molecular flexibility index (Phi) is 4.12. The first-order valence-electron chi connectivity index (χ1n) is 7.09. The first kappa shape index (κ1) is 15.7. The van der Waals surface area contributed by atoms with Gasteiger partial charge in [-0.3, -0.25) is 4.79 Å². The maximum Gasteiger partial charge on any atom is 0.243 e. The van der Waals surface area contributed by atoms with Gasteiger partial charge in [0.05, 0.1) is 18.8 Å². The van der Waals surface area contributed by atoms with E-state index in [0.717, 1.165) is 6.42 Å². The average Bonchev–Trinajstić information content (AvgIpc) is 2.85. The summed E-state index contributed by atoms with van der Waals surface area (Å²) in [5, 5.41) is 9.76. The molecular formula is C14H26N2O4. The van der Waals surface area contributed by atoms with Crippen LogP contribution in [0.2, 0.25) is 0 Å². The number of likely N-dealkylation sites (N-methyl/N-ethyl adjacent to an activating group) is 1. The number of nitrogens with zero attached hydrogens (tertiary/aromatic N) is 1. The molecule has 6 nitrogen and oxygen atoms in total. The van der Waals surface area contributed by atoms with Gasteiger partial charge in [-0.1, -0.05) is 13.8 Å². The number of rotatable bonds is 5. The summed E-state index contributed by atoms with van der Waals surface area (Å²) in [4.78, 5) is 14.3. The van der Waals surface area contributed by atoms with Gasteiger partial charge in [-0.05, 0) is 6.42 Å². The molecule has 2 fully saturated rings. The zero-order valence-electron chi connectivity index (χ0n) is 12.8. The van der Waals surface area contributed by atoms with Crippen molar-refractivity contribution < 1.29 is 19.4 Å². The van der Waals surface area contributed by atoms with Gasteiger partial charge in [-0.15, -0.1) is 0 Å². The number of ether oxygens (including phenoxy) is 2. The van der Waals surface area contributed by atoms with Crippen molar-refractivity contribution in [2.45, 2.75) is 38.0 Å². The summed E-state index contributed by atoms with van der Waals surface area (Å²) in [6, 6.07) is 0. The lowest BCUT2D eigenvalue weighted by Crippen LogP contribution is -2.80. The van der Waals surface area contributed by atoms with E-state index in [9.17, 15) is 9.90 Å². The quantitative estimate of drug-likeness (QED) is 0.718. The standard InChI is InChI=1S/C14H26N2O4/c1-13(2)11-10(5-6-20-11)14(13,15)12(18)16(3)7-9(17)8-19-4/h9-11,17H,5-8,15H2,1-4H3. The van der Waals surface area contributed by atoms with Crippen LogP contribution in [0.4, 0.5) is 0 Å². The lowest BCUT2D eigenvalue weighted by Gasteiger charge is -2.61. The van der Waals surface area contributed by atoms with Crippen LogP contribution in [0.1, 0.15) is 20.3 Å². The molecule has 1 saturated carbocycles. The fourth-order valence-electron chi connectivity index (χ4n) is 3.78. The normalized spacial score (nSPS) is 36.1. The van der Waals surface area contributed by atoms with Gasteiger partial charge in [0, 0.05) is 38.6 Å². The Morgan fingerprint density at radius 2 is 2.25 bits per heavy atom. The van der Waals surface area contributed by atoms with Gasteiger partial charge in [-0.25, -0.2) is 0 Å². The number of amides is 1. The number of nitrogens with two attached hydrogens (primary N) is 1. The Balaban J connectivity index is 2.08.